The molecule has 0 spiro atoms. The highest BCUT2D eigenvalue weighted by molar-refractivity contribution is 7.39. The van der Waals surface area contributed by atoms with E-state index in [1.807, 2.05) is 48.5 Å². The average molecular weight is 489 g/mol. The minimum Gasteiger partial charge on any atom is -0.480 e. The maximum Gasteiger partial charge on any atom is 0.508 e. The lowest BCUT2D eigenvalue weighted by Gasteiger charge is -2.16. The molecule has 0 fully saturated rings. The van der Waals surface area contributed by atoms with Gasteiger partial charge in [0.15, 0.2) is 12.2 Å². The molecular weight excluding hydrogens is 457 g/mol. The summed E-state index contributed by atoms with van der Waals surface area (Å²) in [6, 6.07) is 14.7. The highest BCUT2D eigenvalue weighted by Gasteiger charge is 2.29. The number of hydrazine groups is 1. The Bertz CT molecular complexity index is 957. The van der Waals surface area contributed by atoms with Crippen LogP contribution in [0.25, 0.3) is 11.1 Å². The van der Waals surface area contributed by atoms with Crippen molar-refractivity contribution >= 4 is 20.1 Å². The van der Waals surface area contributed by atoms with Crippen molar-refractivity contribution in [1.29, 1.82) is 0 Å². The van der Waals surface area contributed by atoms with Crippen LogP contribution >= 0.6 is 8.03 Å². The Morgan fingerprint density at radius 2 is 1.62 bits per heavy atom. The molecule has 0 saturated heterocycles. The fraction of sp³-hybridized carbons (Fsp3) is 0.417. The first-order chi connectivity index (χ1) is 16.5. The van der Waals surface area contributed by atoms with Gasteiger partial charge in [-0.15, -0.1) is 4.52 Å². The second-order valence-corrected chi connectivity index (χ2v) is 9.41. The summed E-state index contributed by atoms with van der Waals surface area (Å²) in [5.74, 6) is -1.35. The Hall–Kier alpha value is -2.84. The molecule has 9 nitrogen and oxygen atoms in total. The van der Waals surface area contributed by atoms with Crippen molar-refractivity contribution in [3.8, 4) is 11.1 Å². The molecule has 2 atom stereocenters. The monoisotopic (exact) mass is 488 g/mol. The van der Waals surface area contributed by atoms with Crippen LogP contribution in [0.4, 0.5) is 4.79 Å². The molecule has 0 radical (unpaired) electrons. The van der Waals surface area contributed by atoms with E-state index in [0.29, 0.717) is 12.7 Å². The first kappa shape index (κ1) is 25.8. The molecule has 1 aliphatic rings. The van der Waals surface area contributed by atoms with Gasteiger partial charge in [0.25, 0.3) is 0 Å². The molecular formula is C24H31N3O6P+. The number of hydrogen-bond donors (Lipinski definition) is 4. The number of carboxylic acids is 1. The van der Waals surface area contributed by atoms with E-state index in [0.717, 1.165) is 47.9 Å². The van der Waals surface area contributed by atoms with Gasteiger partial charge in [0, 0.05) is 5.92 Å². The molecule has 34 heavy (non-hydrogen) atoms. The molecule has 1 unspecified atom stereocenters. The Morgan fingerprint density at radius 3 is 2.24 bits per heavy atom. The third kappa shape index (κ3) is 7.08. The number of carbonyl (C=O) groups excluding carboxylic acids is 1. The first-order valence-corrected chi connectivity index (χ1v) is 12.7. The standard InChI is InChI=1S/C24H30N3O6P/c25-13-7-1-2-8-14-34(31)33-16-22(23(28)29)26-27-24(30)32-15-21-19-11-5-3-9-17(19)18-10-4-6-12-20(18)21/h3-6,9-12,21-22,26H,1-2,7-8,13-16,25H2,(H-,27,28,29,30)/p+1/t22-/m0/s1. The lowest BCUT2D eigenvalue weighted by molar-refractivity contribution is -0.140. The lowest BCUT2D eigenvalue weighted by atomic mass is 9.98. The number of aliphatic carboxylic acids is 1. The van der Waals surface area contributed by atoms with Crippen molar-refractivity contribution in [2.45, 2.75) is 37.6 Å². The Labute approximate surface area is 199 Å². The highest BCUT2D eigenvalue weighted by atomic mass is 31.1. The fourth-order valence-corrected chi connectivity index (χ4v) is 4.84. The van der Waals surface area contributed by atoms with Crippen molar-refractivity contribution in [1.82, 2.24) is 10.9 Å². The van der Waals surface area contributed by atoms with E-state index < -0.39 is 26.1 Å². The van der Waals surface area contributed by atoms with Crippen molar-refractivity contribution < 1.29 is 28.5 Å². The van der Waals surface area contributed by atoms with Gasteiger partial charge in [0.2, 0.25) is 0 Å². The molecule has 5 N–H and O–H groups in total. The van der Waals surface area contributed by atoms with E-state index >= 15 is 0 Å². The maximum absolute atomic E-state index is 12.2. The molecule has 0 aliphatic heterocycles. The average Bonchev–Trinajstić information content (AvgIpc) is 3.16. The third-order valence-corrected chi connectivity index (χ3v) is 6.79. The van der Waals surface area contributed by atoms with Crippen LogP contribution < -0.4 is 16.6 Å². The van der Waals surface area contributed by atoms with Gasteiger partial charge < -0.3 is 15.6 Å². The van der Waals surface area contributed by atoms with E-state index in [1.54, 1.807) is 0 Å². The lowest BCUT2D eigenvalue weighted by Crippen LogP contribution is -2.50. The molecule has 2 aromatic rings. The Morgan fingerprint density at radius 1 is 1.00 bits per heavy atom. The number of ether oxygens (including phenoxy) is 1. The summed E-state index contributed by atoms with van der Waals surface area (Å²) in [5, 5.41) is 9.35. The zero-order valence-corrected chi connectivity index (χ0v) is 19.8. The fourth-order valence-electron chi connectivity index (χ4n) is 3.92. The molecule has 1 amide bonds. The van der Waals surface area contributed by atoms with Crippen LogP contribution in [0.3, 0.4) is 0 Å². The molecule has 0 bridgehead atoms. The molecule has 0 heterocycles. The predicted octanol–water partition coefficient (Wildman–Crippen LogP) is 3.76. The maximum atomic E-state index is 12.2. The number of benzene rings is 2. The Kier molecular flexibility index (Phi) is 9.97. The Balaban J connectivity index is 1.44. The van der Waals surface area contributed by atoms with Gasteiger partial charge in [0.05, 0.1) is 0 Å². The minimum atomic E-state index is -1.98. The van der Waals surface area contributed by atoms with Crippen LogP contribution in [0.15, 0.2) is 48.5 Å². The van der Waals surface area contributed by atoms with E-state index in [-0.39, 0.29) is 19.1 Å². The van der Waals surface area contributed by atoms with Crippen LogP contribution in [0.2, 0.25) is 0 Å². The topological polar surface area (TPSA) is 140 Å². The number of nitrogens with two attached hydrogens (primary N) is 1. The molecule has 182 valence electrons. The quantitative estimate of drug-likeness (QED) is 0.179. The summed E-state index contributed by atoms with van der Waals surface area (Å²) in [6.45, 7) is 0.383. The highest BCUT2D eigenvalue weighted by Crippen LogP contribution is 2.44. The normalized spacial score (nSPS) is 13.6. The van der Waals surface area contributed by atoms with Crippen LogP contribution in [0.1, 0.15) is 42.7 Å². The number of fused-ring (bicyclic) bond motifs is 3. The van der Waals surface area contributed by atoms with Gasteiger partial charge in [-0.2, -0.15) is 0 Å². The van der Waals surface area contributed by atoms with Crippen molar-refractivity contribution in [3.05, 3.63) is 59.7 Å². The van der Waals surface area contributed by atoms with Crippen LogP contribution in [-0.4, -0.2) is 49.1 Å². The van der Waals surface area contributed by atoms with Gasteiger partial charge in [-0.25, -0.2) is 10.2 Å². The first-order valence-electron chi connectivity index (χ1n) is 11.4. The largest absolute Gasteiger partial charge is 0.508 e. The SMILES string of the molecule is NCCCCCC[P+](=O)OC[C@H](NNC(=O)OCC1c2ccccc2-c2ccccc21)C(=O)O. The van der Waals surface area contributed by atoms with Crippen molar-refractivity contribution in [3.63, 3.8) is 0 Å². The zero-order chi connectivity index (χ0) is 24.3. The number of carboxylic acid groups (broad SMARTS) is 1. The molecule has 3 rings (SSSR count). The summed E-state index contributed by atoms with van der Waals surface area (Å²) in [5.41, 5.74) is 14.4. The van der Waals surface area contributed by atoms with Gasteiger partial charge in [-0.3, -0.25) is 10.2 Å². The zero-order valence-electron chi connectivity index (χ0n) is 18.9. The van der Waals surface area contributed by atoms with E-state index in [4.69, 9.17) is 15.0 Å². The predicted molar refractivity (Wildman–Crippen MR) is 129 cm³/mol. The van der Waals surface area contributed by atoms with Gasteiger partial charge in [-0.1, -0.05) is 55.0 Å². The van der Waals surface area contributed by atoms with Gasteiger partial charge >= 0.3 is 20.1 Å². The second-order valence-electron chi connectivity index (χ2n) is 8.04. The molecule has 1 aliphatic carbocycles. The molecule has 2 aromatic carbocycles. The van der Waals surface area contributed by atoms with Gasteiger partial charge in [0.1, 0.15) is 13.2 Å². The number of carbonyl (C=O) groups is 2. The molecule has 0 saturated carbocycles. The minimum absolute atomic E-state index is 0.103. The van der Waals surface area contributed by atoms with Crippen LogP contribution in [-0.2, 0) is 18.6 Å². The molecule has 10 heteroatoms. The van der Waals surface area contributed by atoms with Crippen LogP contribution in [0, 0.1) is 0 Å². The summed E-state index contributed by atoms with van der Waals surface area (Å²) < 4.78 is 22.5. The van der Waals surface area contributed by atoms with Crippen molar-refractivity contribution in [2.24, 2.45) is 5.73 Å². The number of hydrogen-bond acceptors (Lipinski definition) is 7. The number of nitrogens with one attached hydrogen (secondary N) is 2. The number of amides is 1. The van der Waals surface area contributed by atoms with Crippen LogP contribution in [0.5, 0.6) is 0 Å². The summed E-state index contributed by atoms with van der Waals surface area (Å²) >= 11 is 0. The van der Waals surface area contributed by atoms with E-state index in [9.17, 15) is 19.3 Å². The summed E-state index contributed by atoms with van der Waals surface area (Å²) in [6.07, 6.45) is 3.04. The van der Waals surface area contributed by atoms with Crippen molar-refractivity contribution in [2.75, 3.05) is 25.9 Å². The number of unbranched alkanes of at least 4 members (excludes halogenated alkanes) is 3. The third-order valence-electron chi connectivity index (χ3n) is 5.67. The number of rotatable bonds is 14. The second kappa shape index (κ2) is 13.2. The van der Waals surface area contributed by atoms with Gasteiger partial charge in [-0.05, 0) is 52.6 Å². The van der Waals surface area contributed by atoms with E-state index in [1.165, 1.54) is 0 Å². The summed E-state index contributed by atoms with van der Waals surface area (Å²) in [7, 11) is -1.98. The summed E-state index contributed by atoms with van der Waals surface area (Å²) in [4.78, 5) is 23.7. The van der Waals surface area contributed by atoms with E-state index in [2.05, 4.69) is 10.9 Å². The molecule has 0 aromatic heterocycles. The smallest absolute Gasteiger partial charge is 0.480 e.